The van der Waals surface area contributed by atoms with Crippen LogP contribution in [0.1, 0.15) is 39.2 Å². The summed E-state index contributed by atoms with van der Waals surface area (Å²) < 4.78 is 7.09. The van der Waals surface area contributed by atoms with Gasteiger partial charge in [0, 0.05) is 17.1 Å². The van der Waals surface area contributed by atoms with Crippen molar-refractivity contribution in [3.8, 4) is 23.6 Å². The van der Waals surface area contributed by atoms with E-state index >= 15 is 0 Å². The number of aryl methyl sites for hydroxylation is 1. The molecular formula is C25H25N5O2S. The minimum atomic E-state index is -0.287. The maximum Gasteiger partial charge on any atom is 0.235 e. The zero-order valence-electron chi connectivity index (χ0n) is 19.5. The van der Waals surface area contributed by atoms with E-state index in [9.17, 15) is 15.3 Å². The summed E-state index contributed by atoms with van der Waals surface area (Å²) in [7, 11) is 1.60. The number of methoxy groups -OCH3 is 1. The van der Waals surface area contributed by atoms with Gasteiger partial charge >= 0.3 is 0 Å². The Bertz CT molecular complexity index is 1310. The largest absolute Gasteiger partial charge is 0.497 e. The zero-order valence-corrected chi connectivity index (χ0v) is 20.3. The minimum absolute atomic E-state index is 0.0559. The van der Waals surface area contributed by atoms with Crippen molar-refractivity contribution in [2.45, 2.75) is 39.6 Å². The van der Waals surface area contributed by atoms with Crippen LogP contribution in [0, 0.1) is 57.3 Å². The van der Waals surface area contributed by atoms with Crippen LogP contribution in [0.5, 0.6) is 5.75 Å². The van der Waals surface area contributed by atoms with Crippen LogP contribution in [0.25, 0.3) is 5.69 Å². The van der Waals surface area contributed by atoms with Gasteiger partial charge in [-0.25, -0.2) is 4.98 Å². The third kappa shape index (κ3) is 4.57. The summed E-state index contributed by atoms with van der Waals surface area (Å²) in [6.45, 7) is 9.48. The molecule has 0 saturated heterocycles. The molecule has 0 bridgehead atoms. The van der Waals surface area contributed by atoms with E-state index in [1.807, 2.05) is 63.5 Å². The van der Waals surface area contributed by atoms with Gasteiger partial charge in [0.1, 0.15) is 28.7 Å². The van der Waals surface area contributed by atoms with Crippen molar-refractivity contribution in [3.05, 3.63) is 63.5 Å². The van der Waals surface area contributed by atoms with Gasteiger partial charge in [0.05, 0.1) is 24.0 Å². The van der Waals surface area contributed by atoms with E-state index in [0.717, 1.165) is 33.8 Å². The van der Waals surface area contributed by atoms with Crippen LogP contribution in [0.3, 0.4) is 0 Å². The van der Waals surface area contributed by atoms with Gasteiger partial charge in [-0.15, -0.1) is 0 Å². The van der Waals surface area contributed by atoms with Crippen molar-refractivity contribution in [1.29, 1.82) is 10.5 Å². The van der Waals surface area contributed by atoms with E-state index in [0.29, 0.717) is 27.7 Å². The number of carbonyl (C=O) groups is 1. The predicted octanol–water partition coefficient (Wildman–Crippen LogP) is 4.90. The van der Waals surface area contributed by atoms with Gasteiger partial charge in [0.2, 0.25) is 5.91 Å². The molecule has 1 amide bonds. The molecule has 3 aromatic rings. The van der Waals surface area contributed by atoms with Crippen LogP contribution in [0.15, 0.2) is 29.3 Å². The molecule has 8 heteroatoms. The van der Waals surface area contributed by atoms with Crippen LogP contribution < -0.4 is 10.1 Å². The summed E-state index contributed by atoms with van der Waals surface area (Å²) in [5.74, 6) is 0.908. The average Bonchev–Trinajstić information content (AvgIpc) is 3.04. The Hall–Kier alpha value is -3.75. The number of rotatable bonds is 6. The van der Waals surface area contributed by atoms with E-state index in [2.05, 4.69) is 22.4 Å². The molecule has 2 aromatic heterocycles. The molecule has 3 rings (SSSR count). The Morgan fingerprint density at radius 2 is 1.67 bits per heavy atom. The topological polar surface area (TPSA) is 104 Å². The van der Waals surface area contributed by atoms with E-state index in [1.165, 1.54) is 11.8 Å². The number of carbonyl (C=O) groups excluding carboxylic acids is 1. The molecule has 168 valence electrons. The molecule has 0 spiro atoms. The van der Waals surface area contributed by atoms with E-state index < -0.39 is 0 Å². The summed E-state index contributed by atoms with van der Waals surface area (Å²) >= 11 is 1.21. The van der Waals surface area contributed by atoms with Gasteiger partial charge in [-0.1, -0.05) is 11.8 Å². The number of aromatic nitrogens is 2. The highest BCUT2D eigenvalue weighted by molar-refractivity contribution is 8.00. The number of nitriles is 2. The fourth-order valence-corrected chi connectivity index (χ4v) is 4.45. The Balaban J connectivity index is 1.91. The first kappa shape index (κ1) is 23.9. The number of benzene rings is 1. The number of nitrogens with zero attached hydrogens (tertiary/aromatic N) is 4. The molecule has 0 aliphatic carbocycles. The molecule has 0 atom stereocenters. The highest BCUT2D eigenvalue weighted by Crippen LogP contribution is 2.31. The molecule has 2 heterocycles. The molecular weight excluding hydrogens is 434 g/mol. The number of pyridine rings is 1. The molecule has 0 fully saturated rings. The van der Waals surface area contributed by atoms with Gasteiger partial charge < -0.3 is 10.1 Å². The number of anilines is 1. The lowest BCUT2D eigenvalue weighted by Gasteiger charge is -2.14. The highest BCUT2D eigenvalue weighted by Gasteiger charge is 2.21. The first-order chi connectivity index (χ1) is 15.7. The lowest BCUT2D eigenvalue weighted by atomic mass is 10.1. The summed E-state index contributed by atoms with van der Waals surface area (Å²) in [6.07, 6.45) is 0. The number of hydrogen-bond donors (Lipinski definition) is 1. The van der Waals surface area contributed by atoms with Crippen LogP contribution in [-0.2, 0) is 4.79 Å². The lowest BCUT2D eigenvalue weighted by Crippen LogP contribution is -2.18. The van der Waals surface area contributed by atoms with Crippen molar-refractivity contribution >= 4 is 23.5 Å². The van der Waals surface area contributed by atoms with Crippen molar-refractivity contribution in [1.82, 2.24) is 9.55 Å². The smallest absolute Gasteiger partial charge is 0.235 e. The van der Waals surface area contributed by atoms with Gasteiger partial charge in [0.15, 0.2) is 0 Å². The number of ether oxygens (including phenoxy) is 1. The molecule has 7 nitrogen and oxygen atoms in total. The molecule has 1 N–H and O–H groups in total. The van der Waals surface area contributed by atoms with Crippen molar-refractivity contribution < 1.29 is 9.53 Å². The summed E-state index contributed by atoms with van der Waals surface area (Å²) in [6, 6.07) is 11.8. The number of hydrogen-bond acceptors (Lipinski definition) is 6. The van der Waals surface area contributed by atoms with Crippen molar-refractivity contribution in [2.75, 3.05) is 18.2 Å². The second kappa shape index (κ2) is 9.81. The van der Waals surface area contributed by atoms with Gasteiger partial charge in [-0.2, -0.15) is 10.5 Å². The Morgan fingerprint density at radius 1 is 1.03 bits per heavy atom. The molecule has 33 heavy (non-hydrogen) atoms. The van der Waals surface area contributed by atoms with Crippen LogP contribution in [0.4, 0.5) is 5.82 Å². The first-order valence-electron chi connectivity index (χ1n) is 10.3. The maximum atomic E-state index is 12.9. The summed E-state index contributed by atoms with van der Waals surface area (Å²) in [4.78, 5) is 17.4. The molecule has 0 aliphatic rings. The quantitative estimate of drug-likeness (QED) is 0.526. The van der Waals surface area contributed by atoms with E-state index in [4.69, 9.17) is 4.74 Å². The van der Waals surface area contributed by atoms with Crippen molar-refractivity contribution in [2.24, 2.45) is 0 Å². The van der Waals surface area contributed by atoms with Crippen molar-refractivity contribution in [3.63, 3.8) is 0 Å². The Morgan fingerprint density at radius 3 is 2.24 bits per heavy atom. The monoisotopic (exact) mass is 459 g/mol. The molecule has 0 unspecified atom stereocenters. The second-order valence-corrected chi connectivity index (χ2v) is 8.62. The average molecular weight is 460 g/mol. The Labute approximate surface area is 198 Å². The third-order valence-electron chi connectivity index (χ3n) is 5.83. The number of nitrogens with one attached hydrogen (secondary N) is 1. The van der Waals surface area contributed by atoms with E-state index in [1.54, 1.807) is 7.11 Å². The fraction of sp³-hybridized carbons (Fsp3) is 0.280. The Kier molecular flexibility index (Phi) is 7.10. The summed E-state index contributed by atoms with van der Waals surface area (Å²) in [5.41, 5.74) is 6.05. The highest BCUT2D eigenvalue weighted by atomic mass is 32.2. The SMILES string of the molecule is COc1ccc(-n2c(C)c(C)c(C#N)c2NC(=O)CSc2nc(C)c(C)c(C)c2C#N)cc1. The molecule has 1 aromatic carbocycles. The molecule has 0 saturated carbocycles. The minimum Gasteiger partial charge on any atom is -0.497 e. The molecule has 0 aliphatic heterocycles. The van der Waals surface area contributed by atoms with Gasteiger partial charge in [-0.05, 0) is 75.6 Å². The predicted molar refractivity (Wildman–Crippen MR) is 129 cm³/mol. The lowest BCUT2D eigenvalue weighted by molar-refractivity contribution is -0.113. The first-order valence-corrected chi connectivity index (χ1v) is 11.3. The number of thioether (sulfide) groups is 1. The van der Waals surface area contributed by atoms with Crippen LogP contribution >= 0.6 is 11.8 Å². The van der Waals surface area contributed by atoms with Gasteiger partial charge in [0.25, 0.3) is 0 Å². The summed E-state index contributed by atoms with van der Waals surface area (Å²) in [5, 5.41) is 22.8. The van der Waals surface area contributed by atoms with Gasteiger partial charge in [-0.3, -0.25) is 9.36 Å². The third-order valence-corrected chi connectivity index (χ3v) is 6.80. The number of amides is 1. The normalized spacial score (nSPS) is 10.4. The zero-order chi connectivity index (χ0) is 24.3. The standard InChI is InChI=1S/C25H25N5O2S/c1-14-15(2)22(12-27)25(28-17(14)4)33-13-23(31)29-24-21(11-26)16(3)18(5)30(24)19-7-9-20(32-6)10-8-19/h7-10H,13H2,1-6H3,(H,29,31). The van der Waals surface area contributed by atoms with Crippen LogP contribution in [0.2, 0.25) is 0 Å². The maximum absolute atomic E-state index is 12.9. The van der Waals surface area contributed by atoms with E-state index in [-0.39, 0.29) is 11.7 Å². The second-order valence-electron chi connectivity index (χ2n) is 7.66. The fourth-order valence-electron chi connectivity index (χ4n) is 3.56. The molecule has 0 radical (unpaired) electrons. The van der Waals surface area contributed by atoms with Crippen LogP contribution in [-0.4, -0.2) is 28.3 Å².